The third-order valence-electron chi connectivity index (χ3n) is 1.64. The molecule has 0 heterocycles. The number of benzene rings is 1. The summed E-state index contributed by atoms with van der Waals surface area (Å²) in [6, 6.07) is 3.98. The van der Waals surface area contributed by atoms with E-state index in [0.29, 0.717) is 0 Å². The van der Waals surface area contributed by atoms with Gasteiger partial charge < -0.3 is 0 Å². The van der Waals surface area contributed by atoms with Crippen molar-refractivity contribution in [1.82, 2.24) is 0 Å². The van der Waals surface area contributed by atoms with Crippen LogP contribution in [0.3, 0.4) is 0 Å². The summed E-state index contributed by atoms with van der Waals surface area (Å²) in [5, 5.41) is 0. The number of halogens is 5. The second kappa shape index (κ2) is 3.94. The molecule has 0 unspecified atom stereocenters. The van der Waals surface area contributed by atoms with E-state index < -0.39 is 24.6 Å². The van der Waals surface area contributed by atoms with E-state index in [1.54, 1.807) is 0 Å². The molecule has 0 spiro atoms. The van der Waals surface area contributed by atoms with Gasteiger partial charge in [0.2, 0.25) is 6.43 Å². The van der Waals surface area contributed by atoms with Gasteiger partial charge in [-0.3, -0.25) is 0 Å². The van der Waals surface area contributed by atoms with Crippen LogP contribution in [0.1, 0.15) is 11.1 Å². The summed E-state index contributed by atoms with van der Waals surface area (Å²) in [4.78, 5) is 0. The minimum absolute atomic E-state index is 0.00479. The van der Waals surface area contributed by atoms with Crippen LogP contribution in [0.5, 0.6) is 0 Å². The highest BCUT2D eigenvalue weighted by molar-refractivity contribution is 5.25. The fourth-order valence-electron chi connectivity index (χ4n) is 1.05. The van der Waals surface area contributed by atoms with Crippen LogP contribution in [-0.4, -0.2) is 6.43 Å². The highest BCUT2D eigenvalue weighted by Gasteiger charge is 2.30. The molecular weight excluding hydrogens is 203 g/mol. The highest BCUT2D eigenvalue weighted by atomic mass is 19.4. The molecule has 0 bridgehead atoms. The molecule has 0 radical (unpaired) electrons. The first kappa shape index (κ1) is 10.9. The van der Waals surface area contributed by atoms with E-state index in [-0.39, 0.29) is 5.56 Å². The molecule has 0 amide bonds. The van der Waals surface area contributed by atoms with Crippen LogP contribution in [0, 0.1) is 0 Å². The molecule has 0 saturated heterocycles. The summed E-state index contributed by atoms with van der Waals surface area (Å²) in [5.41, 5.74) is -0.898. The predicted octanol–water partition coefficient (Wildman–Crippen LogP) is 3.51. The molecule has 1 aromatic rings. The minimum atomic E-state index is -4.47. The second-order valence-corrected chi connectivity index (χ2v) is 2.79. The van der Waals surface area contributed by atoms with Crippen molar-refractivity contribution < 1.29 is 22.0 Å². The lowest BCUT2D eigenvalue weighted by Crippen LogP contribution is -2.06. The molecule has 0 aliphatic heterocycles. The van der Waals surface area contributed by atoms with Gasteiger partial charge in [0.15, 0.2) is 0 Å². The summed E-state index contributed by atoms with van der Waals surface area (Å²) >= 11 is 0. The Hall–Kier alpha value is -1.13. The van der Waals surface area contributed by atoms with Gasteiger partial charge in [-0.2, -0.15) is 13.2 Å². The Morgan fingerprint density at radius 2 is 1.79 bits per heavy atom. The maximum atomic E-state index is 12.1. The maximum absolute atomic E-state index is 12.1. The Labute approximate surface area is 77.4 Å². The molecule has 0 aliphatic carbocycles. The molecule has 0 aliphatic rings. The average Bonchev–Trinajstić information content (AvgIpc) is 2.01. The first-order valence-corrected chi connectivity index (χ1v) is 3.84. The van der Waals surface area contributed by atoms with E-state index in [0.717, 1.165) is 18.2 Å². The van der Waals surface area contributed by atoms with Crippen LogP contribution >= 0.6 is 0 Å². The monoisotopic (exact) mass is 210 g/mol. The smallest absolute Gasteiger partial charge is 0.210 e. The van der Waals surface area contributed by atoms with Gasteiger partial charge in [0.25, 0.3) is 0 Å². The normalized spacial score (nSPS) is 12.1. The van der Waals surface area contributed by atoms with Crippen LogP contribution in [0.25, 0.3) is 0 Å². The Morgan fingerprint density at radius 3 is 2.29 bits per heavy atom. The van der Waals surface area contributed by atoms with Crippen LogP contribution in [0.15, 0.2) is 24.3 Å². The summed E-state index contributed by atoms with van der Waals surface area (Å²) < 4.78 is 60.1. The molecule has 0 N–H and O–H groups in total. The fraction of sp³-hybridized carbons (Fsp3) is 0.333. The SMILES string of the molecule is FC(F)Cc1cccc(C(F)(F)F)c1. The van der Waals surface area contributed by atoms with Gasteiger partial charge in [-0.25, -0.2) is 8.78 Å². The molecule has 1 aromatic carbocycles. The van der Waals surface area contributed by atoms with Crippen molar-refractivity contribution in [2.24, 2.45) is 0 Å². The van der Waals surface area contributed by atoms with Crippen molar-refractivity contribution in [3.63, 3.8) is 0 Å². The van der Waals surface area contributed by atoms with Crippen molar-refractivity contribution in [1.29, 1.82) is 0 Å². The molecule has 0 atom stereocenters. The molecular formula is C9H7F5. The third kappa shape index (κ3) is 2.97. The lowest BCUT2D eigenvalue weighted by molar-refractivity contribution is -0.137. The van der Waals surface area contributed by atoms with Crippen LogP contribution in [0.4, 0.5) is 22.0 Å². The van der Waals surface area contributed by atoms with Gasteiger partial charge in [0, 0.05) is 6.42 Å². The summed E-state index contributed by atoms with van der Waals surface area (Å²) in [6.07, 6.45) is -7.75. The van der Waals surface area contributed by atoms with Crippen molar-refractivity contribution in [2.75, 3.05) is 0 Å². The Morgan fingerprint density at radius 1 is 1.14 bits per heavy atom. The van der Waals surface area contributed by atoms with Crippen molar-refractivity contribution in [3.8, 4) is 0 Å². The van der Waals surface area contributed by atoms with E-state index in [4.69, 9.17) is 0 Å². The van der Waals surface area contributed by atoms with Gasteiger partial charge in [0.05, 0.1) is 5.56 Å². The zero-order chi connectivity index (χ0) is 10.8. The lowest BCUT2D eigenvalue weighted by atomic mass is 10.1. The standard InChI is InChI=1S/C9H7F5/c10-8(11)5-6-2-1-3-7(4-6)9(12,13)14/h1-4,8H,5H2. The number of hydrogen-bond donors (Lipinski definition) is 0. The predicted molar refractivity (Wildman–Crippen MR) is 41.2 cm³/mol. The summed E-state index contributed by atoms with van der Waals surface area (Å²) in [6.45, 7) is 0. The first-order valence-electron chi connectivity index (χ1n) is 3.84. The van der Waals surface area contributed by atoms with E-state index >= 15 is 0 Å². The first-order chi connectivity index (χ1) is 6.39. The Kier molecular flexibility index (Phi) is 3.08. The van der Waals surface area contributed by atoms with E-state index in [2.05, 4.69) is 0 Å². The molecule has 1 rings (SSSR count). The minimum Gasteiger partial charge on any atom is -0.210 e. The molecule has 78 valence electrons. The molecule has 0 saturated carbocycles. The number of rotatable bonds is 2. The lowest BCUT2D eigenvalue weighted by Gasteiger charge is -2.08. The molecule has 0 aromatic heterocycles. The van der Waals surface area contributed by atoms with Crippen molar-refractivity contribution in [3.05, 3.63) is 35.4 Å². The number of alkyl halides is 5. The van der Waals surface area contributed by atoms with Crippen LogP contribution in [-0.2, 0) is 12.6 Å². The largest absolute Gasteiger partial charge is 0.416 e. The Balaban J connectivity index is 2.90. The van der Waals surface area contributed by atoms with Crippen LogP contribution < -0.4 is 0 Å². The van der Waals surface area contributed by atoms with E-state index in [1.165, 1.54) is 6.07 Å². The van der Waals surface area contributed by atoms with Crippen LogP contribution in [0.2, 0.25) is 0 Å². The second-order valence-electron chi connectivity index (χ2n) is 2.79. The van der Waals surface area contributed by atoms with Gasteiger partial charge in [-0.15, -0.1) is 0 Å². The number of hydrogen-bond acceptors (Lipinski definition) is 0. The van der Waals surface area contributed by atoms with Crippen molar-refractivity contribution >= 4 is 0 Å². The topological polar surface area (TPSA) is 0 Å². The van der Waals surface area contributed by atoms with Gasteiger partial charge in [-0.1, -0.05) is 18.2 Å². The maximum Gasteiger partial charge on any atom is 0.416 e. The zero-order valence-electron chi connectivity index (χ0n) is 6.98. The average molecular weight is 210 g/mol. The molecule has 5 heteroatoms. The molecule has 0 fully saturated rings. The van der Waals surface area contributed by atoms with E-state index in [1.807, 2.05) is 0 Å². The fourth-order valence-corrected chi connectivity index (χ4v) is 1.05. The van der Waals surface area contributed by atoms with Gasteiger partial charge in [-0.05, 0) is 11.6 Å². The summed E-state index contributed by atoms with van der Waals surface area (Å²) in [7, 11) is 0. The zero-order valence-corrected chi connectivity index (χ0v) is 6.98. The summed E-state index contributed by atoms with van der Waals surface area (Å²) in [5.74, 6) is 0. The van der Waals surface area contributed by atoms with Gasteiger partial charge in [0.1, 0.15) is 0 Å². The Bertz CT molecular complexity index is 302. The van der Waals surface area contributed by atoms with Crippen molar-refractivity contribution in [2.45, 2.75) is 19.0 Å². The third-order valence-corrected chi connectivity index (χ3v) is 1.64. The quantitative estimate of drug-likeness (QED) is 0.655. The van der Waals surface area contributed by atoms with Gasteiger partial charge >= 0.3 is 6.18 Å². The molecule has 0 nitrogen and oxygen atoms in total. The van der Waals surface area contributed by atoms with E-state index in [9.17, 15) is 22.0 Å². The highest BCUT2D eigenvalue weighted by Crippen LogP contribution is 2.29. The molecule has 14 heavy (non-hydrogen) atoms.